The van der Waals surface area contributed by atoms with Crippen molar-refractivity contribution in [3.05, 3.63) is 59.4 Å². The summed E-state index contributed by atoms with van der Waals surface area (Å²) in [4.78, 5) is 12.2. The van der Waals surface area contributed by atoms with Crippen LogP contribution < -0.4 is 0 Å². The molecule has 0 aliphatic rings. The number of aromatic nitrogens is 1. The summed E-state index contributed by atoms with van der Waals surface area (Å²) >= 11 is 0. The summed E-state index contributed by atoms with van der Waals surface area (Å²) in [6.07, 6.45) is 2.81. The number of rotatable bonds is 2. The van der Waals surface area contributed by atoms with E-state index >= 15 is 0 Å². The lowest BCUT2D eigenvalue weighted by Crippen LogP contribution is -2.12. The molecule has 0 bridgehead atoms. The van der Waals surface area contributed by atoms with Gasteiger partial charge in [-0.25, -0.2) is 0 Å². The number of hydrogen-bond acceptors (Lipinski definition) is 1. The molecule has 0 unspecified atom stereocenters. The minimum atomic E-state index is 0.0396. The molecule has 2 heteroatoms. The third-order valence-electron chi connectivity index (χ3n) is 2.87. The van der Waals surface area contributed by atoms with Gasteiger partial charge in [0.1, 0.15) is 0 Å². The summed E-state index contributed by atoms with van der Waals surface area (Å²) < 4.78 is 1.72. The summed E-state index contributed by atoms with van der Waals surface area (Å²) in [7, 11) is 0. The van der Waals surface area contributed by atoms with Gasteiger partial charge in [-0.3, -0.25) is 9.36 Å². The van der Waals surface area contributed by atoms with Gasteiger partial charge in [0.2, 0.25) is 0 Å². The summed E-state index contributed by atoms with van der Waals surface area (Å²) in [5.41, 5.74) is 2.99. The van der Waals surface area contributed by atoms with Crippen LogP contribution in [0.1, 0.15) is 28.5 Å². The van der Waals surface area contributed by atoms with Crippen LogP contribution in [0.15, 0.2) is 42.6 Å². The molecule has 0 fully saturated rings. The molecular formula is C14H15NO. The zero-order chi connectivity index (χ0) is 11.5. The molecule has 2 aromatic rings. The predicted molar refractivity (Wildman–Crippen MR) is 64.7 cm³/mol. The predicted octanol–water partition coefficient (Wildman–Crippen LogP) is 3.05. The van der Waals surface area contributed by atoms with Crippen molar-refractivity contribution in [2.24, 2.45) is 0 Å². The van der Waals surface area contributed by atoms with Gasteiger partial charge in [-0.15, -0.1) is 0 Å². The van der Waals surface area contributed by atoms with Gasteiger partial charge < -0.3 is 0 Å². The van der Waals surface area contributed by atoms with E-state index in [0.717, 1.165) is 17.7 Å². The number of carbonyl (C=O) groups excluding carboxylic acids is 1. The molecule has 0 amide bonds. The molecule has 0 aliphatic carbocycles. The van der Waals surface area contributed by atoms with Crippen molar-refractivity contribution in [3.63, 3.8) is 0 Å². The number of aryl methyl sites for hydroxylation is 1. The zero-order valence-corrected chi connectivity index (χ0v) is 9.60. The Balaban J connectivity index is 2.38. The third kappa shape index (κ3) is 1.78. The molecule has 1 aromatic heterocycles. The second-order valence-electron chi connectivity index (χ2n) is 3.82. The Hall–Kier alpha value is -1.83. The van der Waals surface area contributed by atoms with Gasteiger partial charge in [0.05, 0.1) is 0 Å². The Morgan fingerprint density at radius 3 is 2.44 bits per heavy atom. The van der Waals surface area contributed by atoms with Crippen LogP contribution in [-0.4, -0.2) is 10.5 Å². The summed E-state index contributed by atoms with van der Waals surface area (Å²) in [5.74, 6) is 0.0396. The van der Waals surface area contributed by atoms with Gasteiger partial charge in [0.25, 0.3) is 5.91 Å². The van der Waals surface area contributed by atoms with E-state index in [0.29, 0.717) is 0 Å². The Bertz CT molecular complexity index is 497. The second kappa shape index (κ2) is 4.35. The van der Waals surface area contributed by atoms with E-state index in [1.54, 1.807) is 4.57 Å². The summed E-state index contributed by atoms with van der Waals surface area (Å²) in [5, 5.41) is 0. The first-order valence-electron chi connectivity index (χ1n) is 5.50. The fourth-order valence-electron chi connectivity index (χ4n) is 1.87. The van der Waals surface area contributed by atoms with Crippen molar-refractivity contribution in [1.82, 2.24) is 4.57 Å². The van der Waals surface area contributed by atoms with Crippen molar-refractivity contribution in [1.29, 1.82) is 0 Å². The fourth-order valence-corrected chi connectivity index (χ4v) is 1.87. The average molecular weight is 213 g/mol. The van der Waals surface area contributed by atoms with E-state index in [4.69, 9.17) is 0 Å². The molecule has 0 radical (unpaired) electrons. The largest absolute Gasteiger partial charge is 0.288 e. The lowest BCUT2D eigenvalue weighted by atomic mass is 10.2. The lowest BCUT2D eigenvalue weighted by Gasteiger charge is -2.05. The standard InChI is InChI=1S/C14H15NO/c1-3-12-9-10-15(11(12)2)14(16)13-7-5-4-6-8-13/h4-10H,3H2,1-2H3. The highest BCUT2D eigenvalue weighted by molar-refractivity contribution is 5.96. The van der Waals surface area contributed by atoms with Gasteiger partial charge in [0.15, 0.2) is 0 Å². The lowest BCUT2D eigenvalue weighted by molar-refractivity contribution is 0.0958. The van der Waals surface area contributed by atoms with Crippen LogP contribution in [0.2, 0.25) is 0 Å². The third-order valence-corrected chi connectivity index (χ3v) is 2.87. The SMILES string of the molecule is CCc1ccn(C(=O)c2ccccc2)c1C. The number of nitrogens with zero attached hydrogens (tertiary/aromatic N) is 1. The van der Waals surface area contributed by atoms with E-state index in [2.05, 4.69) is 6.92 Å². The fraction of sp³-hybridized carbons (Fsp3) is 0.214. The van der Waals surface area contributed by atoms with Crippen LogP contribution in [0.25, 0.3) is 0 Å². The molecule has 0 saturated heterocycles. The van der Waals surface area contributed by atoms with Crippen molar-refractivity contribution >= 4 is 5.91 Å². The van der Waals surface area contributed by atoms with Crippen LogP contribution in [-0.2, 0) is 6.42 Å². The first-order valence-corrected chi connectivity index (χ1v) is 5.50. The Labute approximate surface area is 95.5 Å². The monoisotopic (exact) mass is 213 g/mol. The van der Waals surface area contributed by atoms with Crippen molar-refractivity contribution in [3.8, 4) is 0 Å². The van der Waals surface area contributed by atoms with Gasteiger partial charge in [0, 0.05) is 17.5 Å². The van der Waals surface area contributed by atoms with Crippen LogP contribution in [0, 0.1) is 6.92 Å². The number of hydrogen-bond donors (Lipinski definition) is 0. The maximum Gasteiger partial charge on any atom is 0.262 e. The van der Waals surface area contributed by atoms with E-state index in [1.807, 2.05) is 49.5 Å². The second-order valence-corrected chi connectivity index (χ2v) is 3.82. The van der Waals surface area contributed by atoms with E-state index in [9.17, 15) is 4.79 Å². The zero-order valence-electron chi connectivity index (χ0n) is 9.60. The van der Waals surface area contributed by atoms with Crippen LogP contribution in [0.5, 0.6) is 0 Å². The first kappa shape index (κ1) is 10.7. The maximum atomic E-state index is 12.2. The summed E-state index contributed by atoms with van der Waals surface area (Å²) in [6, 6.07) is 11.4. The quantitative estimate of drug-likeness (QED) is 0.751. The van der Waals surface area contributed by atoms with Crippen molar-refractivity contribution < 1.29 is 4.79 Å². The topological polar surface area (TPSA) is 22.0 Å². The molecule has 0 spiro atoms. The number of benzene rings is 1. The first-order chi connectivity index (χ1) is 7.74. The maximum absolute atomic E-state index is 12.2. The normalized spacial score (nSPS) is 10.4. The van der Waals surface area contributed by atoms with Crippen LogP contribution in [0.4, 0.5) is 0 Å². The summed E-state index contributed by atoms with van der Waals surface area (Å²) in [6.45, 7) is 4.08. The Kier molecular flexibility index (Phi) is 2.91. The molecule has 0 atom stereocenters. The van der Waals surface area contributed by atoms with Crippen LogP contribution >= 0.6 is 0 Å². The van der Waals surface area contributed by atoms with Gasteiger partial charge >= 0.3 is 0 Å². The molecule has 2 rings (SSSR count). The molecule has 2 nitrogen and oxygen atoms in total. The van der Waals surface area contributed by atoms with Gasteiger partial charge in [-0.1, -0.05) is 25.1 Å². The van der Waals surface area contributed by atoms with E-state index in [-0.39, 0.29) is 5.91 Å². The smallest absolute Gasteiger partial charge is 0.262 e. The minimum absolute atomic E-state index is 0.0396. The minimum Gasteiger partial charge on any atom is -0.288 e. The number of carbonyl (C=O) groups is 1. The molecule has 0 aliphatic heterocycles. The molecular weight excluding hydrogens is 198 g/mol. The van der Waals surface area contributed by atoms with Gasteiger partial charge in [-0.2, -0.15) is 0 Å². The van der Waals surface area contributed by atoms with Crippen molar-refractivity contribution in [2.45, 2.75) is 20.3 Å². The highest BCUT2D eigenvalue weighted by atomic mass is 16.2. The highest BCUT2D eigenvalue weighted by Gasteiger charge is 2.11. The van der Waals surface area contributed by atoms with Crippen molar-refractivity contribution in [2.75, 3.05) is 0 Å². The molecule has 1 heterocycles. The van der Waals surface area contributed by atoms with E-state index in [1.165, 1.54) is 5.56 Å². The molecule has 82 valence electrons. The average Bonchev–Trinajstić information content (AvgIpc) is 2.70. The molecule has 0 N–H and O–H groups in total. The van der Waals surface area contributed by atoms with E-state index < -0.39 is 0 Å². The van der Waals surface area contributed by atoms with Gasteiger partial charge in [-0.05, 0) is 37.1 Å². The Morgan fingerprint density at radius 1 is 1.19 bits per heavy atom. The molecule has 0 saturated carbocycles. The Morgan fingerprint density at radius 2 is 1.88 bits per heavy atom. The van der Waals surface area contributed by atoms with Crippen LogP contribution in [0.3, 0.4) is 0 Å². The molecule has 16 heavy (non-hydrogen) atoms. The molecule has 1 aromatic carbocycles. The highest BCUT2D eigenvalue weighted by Crippen LogP contribution is 2.13.